The van der Waals surface area contributed by atoms with E-state index >= 15 is 0 Å². The number of benzene rings is 10. The van der Waals surface area contributed by atoms with Gasteiger partial charge in [0.1, 0.15) is 6.33 Å². The molecule has 16 heteroatoms. The zero-order valence-electron chi connectivity index (χ0n) is 89.6. The Hall–Kier alpha value is -13.5. The van der Waals surface area contributed by atoms with E-state index in [4.69, 9.17) is 0 Å². The van der Waals surface area contributed by atoms with Crippen molar-refractivity contribution in [3.05, 3.63) is 403 Å². The minimum absolute atomic E-state index is 0. The monoisotopic (exact) mass is 1970 g/mol. The van der Waals surface area contributed by atoms with Crippen molar-refractivity contribution in [1.29, 1.82) is 0 Å². The number of rotatable bonds is 1. The quantitative estimate of drug-likeness (QED) is 0.116. The Bertz CT molecular complexity index is 5680. The van der Waals surface area contributed by atoms with Crippen LogP contribution in [0.15, 0.2) is 374 Å². The van der Waals surface area contributed by atoms with Crippen LogP contribution in [-0.4, -0.2) is 92.2 Å². The van der Waals surface area contributed by atoms with E-state index in [2.05, 4.69) is 288 Å². The molecule has 15 nitrogen and oxygen atoms in total. The van der Waals surface area contributed by atoms with Crippen LogP contribution in [0.4, 0.5) is 34.4 Å². The SMILES string of the molecule is C1=CC2CC=NC2C=C1.C1=NCc2ccccc21.C1=Nc2c(ccc3ccccc23)C1.C1=Nc2cccnc2C1.C1=Nc2ccncc2C1.C1=Nc2cnccc2C1.C1=Nc2ncccc2C1.C1=Nc2ncncc2C1.C1=c2ccccc2=NC1.CC.CC.CC.CC.CC.CC.CC.CC.CC.CC.CC.CC.[CH2-]Cc1[c-]cccc1.[Y].c1ccc2cc3ccccc3cc2c1.c1ccc2ccccc2c1. The van der Waals surface area contributed by atoms with Gasteiger partial charge in [-0.15, -0.1) is 0 Å². The van der Waals surface area contributed by atoms with Crippen LogP contribution >= 0.6 is 0 Å². The Morgan fingerprint density at radius 1 is 0.345 bits per heavy atom. The minimum atomic E-state index is 0. The summed E-state index contributed by atoms with van der Waals surface area (Å²) >= 11 is 0. The van der Waals surface area contributed by atoms with E-state index < -0.39 is 0 Å². The first-order chi connectivity index (χ1) is 70.0. The predicted octanol–water partition coefficient (Wildman–Crippen LogP) is 33.5. The van der Waals surface area contributed by atoms with Crippen molar-refractivity contribution in [2.75, 3.05) is 6.54 Å². The van der Waals surface area contributed by atoms with Gasteiger partial charge < -0.3 is 6.92 Å². The number of pyridine rings is 4. The molecule has 743 valence electrons. The average molecular weight is 1970 g/mol. The maximum atomic E-state index is 4.40. The zero-order valence-corrected chi connectivity index (χ0v) is 92.4. The van der Waals surface area contributed by atoms with Gasteiger partial charge in [-0.05, 0) is 120 Å². The molecule has 142 heavy (non-hydrogen) atoms. The van der Waals surface area contributed by atoms with Crippen LogP contribution in [0.25, 0.3) is 49.2 Å². The number of hydrogen-bond donors (Lipinski definition) is 0. The summed E-state index contributed by atoms with van der Waals surface area (Å²) < 4.78 is 0. The second-order valence-electron chi connectivity index (χ2n) is 27.5. The van der Waals surface area contributed by atoms with Gasteiger partial charge in [0.25, 0.3) is 0 Å². The Morgan fingerprint density at radius 2 is 0.831 bits per heavy atom. The average Bonchev–Trinajstić information content (AvgIpc) is 1.52. The van der Waals surface area contributed by atoms with E-state index in [0.29, 0.717) is 12.0 Å². The Balaban J connectivity index is 0.000000761. The van der Waals surface area contributed by atoms with Gasteiger partial charge in [0.05, 0.1) is 59.1 Å². The molecule has 0 amide bonds. The molecular formula is C126H159N15Y-2. The molecule has 14 heterocycles. The summed E-state index contributed by atoms with van der Waals surface area (Å²) in [7, 11) is 0. The van der Waals surface area contributed by atoms with E-state index in [9.17, 15) is 0 Å². The number of para-hydroxylation sites is 1. The third-order valence-corrected chi connectivity index (χ3v) is 19.7. The van der Waals surface area contributed by atoms with E-state index in [1.165, 1.54) is 93.6 Å². The van der Waals surface area contributed by atoms with E-state index in [0.717, 1.165) is 115 Å². The molecule has 25 rings (SSSR count). The molecule has 10 aliphatic rings. The van der Waals surface area contributed by atoms with Crippen LogP contribution in [0.2, 0.25) is 0 Å². The molecule has 1 aliphatic carbocycles. The van der Waals surface area contributed by atoms with Gasteiger partial charge in [-0.2, -0.15) is 42.3 Å². The molecule has 5 aromatic heterocycles. The second-order valence-corrected chi connectivity index (χ2v) is 27.5. The standard InChI is InChI=1S/C14H10.C12H9N.C10H8.C8H7N.C8H9N.C8H7N.C8H8.4C7H6N2.C6H5N3.12C2H6.Y/c1-2-6-12-10-14-8-4-3-7-13(14)9-11(12)5-1;1-2-4-11-9(3-1)5-6-10-7-8-13-12(10)11;1-2-6-10-8-4-3-7-9(10)5-1;1-2-4-8-6-9-5-7(8)3-1;2*1-2-4-8-7(3-1)5-6-9-8;1-2-8-6-4-3-5-7-8;1-4-9-7-2-3-8-5-6(1)7;1-3-8-5-7-6(1)2-4-9-7;1-2-6-7(8-4-1)3-5-9-6;1-2-6-3-5-9-7(6)8-4-1;1-2-8-6-5(1)3-7-4-9-6;12*1-2;/h1-10H;1-6,8H,7H2;1-8H;1-5H,6H2;1-4,6-8H,5H2;1-5H,6H2;3-6H,1-2H2;2-5H,1H2;1,3-5H,2H2;2*1-2,4-5H,3H2;2-4H,1H2;12*1-2H3;/q;;;;;;-2;;;;;;;;;;;;;;;;;;. The Kier molecular flexibility index (Phi) is 74.3. The fraction of sp³-hybridized carbons (Fsp3) is 0.286. The first-order valence-electron chi connectivity index (χ1n) is 51.3. The maximum absolute atomic E-state index is 4.40. The number of hydrogen-bond acceptors (Lipinski definition) is 15. The van der Waals surface area contributed by atoms with Crippen LogP contribution in [0, 0.1) is 18.9 Å². The number of allylic oxidation sites excluding steroid dienone is 2. The fourth-order valence-electron chi connectivity index (χ4n) is 13.5. The van der Waals surface area contributed by atoms with Crippen molar-refractivity contribution < 1.29 is 32.7 Å². The van der Waals surface area contributed by atoms with Gasteiger partial charge >= 0.3 is 0 Å². The van der Waals surface area contributed by atoms with Crippen molar-refractivity contribution in [2.45, 2.75) is 230 Å². The molecule has 0 fully saturated rings. The summed E-state index contributed by atoms with van der Waals surface area (Å²) in [6.07, 6.45) is 47.8. The molecule has 0 saturated carbocycles. The first kappa shape index (κ1) is 127. The number of nitrogens with zero attached hydrogens (tertiary/aromatic N) is 15. The summed E-state index contributed by atoms with van der Waals surface area (Å²) in [5.74, 6) is 2.39. The van der Waals surface area contributed by atoms with Crippen LogP contribution in [-0.2, 0) is 84.2 Å². The van der Waals surface area contributed by atoms with Crippen molar-refractivity contribution in [3.63, 3.8) is 0 Å². The molecule has 0 N–H and O–H groups in total. The smallest absolute Gasteiger partial charge is 0.158 e. The van der Waals surface area contributed by atoms with Crippen molar-refractivity contribution >= 4 is 133 Å². The zero-order chi connectivity index (χ0) is 104. The third kappa shape index (κ3) is 45.0. The predicted molar refractivity (Wildman–Crippen MR) is 623 cm³/mol. The molecular weight excluding hydrogens is 1810 g/mol. The van der Waals surface area contributed by atoms with E-state index in [1.54, 1.807) is 37.2 Å². The molecule has 1 radical (unpaired) electrons. The summed E-state index contributed by atoms with van der Waals surface area (Å²) in [6, 6.07) is 90.5. The summed E-state index contributed by atoms with van der Waals surface area (Å²) in [6.45, 7) is 53.5. The van der Waals surface area contributed by atoms with Gasteiger partial charge in [0.15, 0.2) is 11.6 Å². The van der Waals surface area contributed by atoms with Crippen LogP contribution in [0.5, 0.6) is 0 Å². The number of aliphatic imine (C=N–C) groups is 8. The van der Waals surface area contributed by atoms with Crippen LogP contribution in [0.3, 0.4) is 0 Å². The number of aromatic nitrogens is 6. The van der Waals surface area contributed by atoms with E-state index in [1.807, 2.05) is 307 Å². The van der Waals surface area contributed by atoms with Gasteiger partial charge in [-0.3, -0.25) is 49.9 Å². The fourth-order valence-corrected chi connectivity index (χ4v) is 13.5. The van der Waals surface area contributed by atoms with Gasteiger partial charge in [0, 0.05) is 186 Å². The molecule has 10 aromatic carbocycles. The minimum Gasteiger partial charge on any atom is -0.341 e. The maximum Gasteiger partial charge on any atom is 0.158 e. The van der Waals surface area contributed by atoms with Gasteiger partial charge in [-0.25, -0.2) is 24.9 Å². The van der Waals surface area contributed by atoms with Crippen molar-refractivity contribution in [3.8, 4) is 0 Å². The molecule has 2 atom stereocenters. The molecule has 9 aliphatic heterocycles. The second kappa shape index (κ2) is 83.3. The molecule has 0 saturated heterocycles. The summed E-state index contributed by atoms with van der Waals surface area (Å²) in [5, 5.41) is 12.8. The van der Waals surface area contributed by atoms with Crippen molar-refractivity contribution in [1.82, 2.24) is 29.9 Å². The van der Waals surface area contributed by atoms with Crippen molar-refractivity contribution in [2.24, 2.45) is 50.8 Å². The Labute approximate surface area is 879 Å². The Morgan fingerprint density at radius 3 is 1.41 bits per heavy atom. The third-order valence-electron chi connectivity index (χ3n) is 19.7. The normalized spacial score (nSPS) is 12.5. The molecule has 2 unspecified atom stereocenters. The van der Waals surface area contributed by atoms with Gasteiger partial charge in [-0.1, -0.05) is 379 Å². The van der Waals surface area contributed by atoms with Gasteiger partial charge in [0.2, 0.25) is 0 Å². The molecule has 0 spiro atoms. The first-order valence-corrected chi connectivity index (χ1v) is 51.3. The molecule has 15 aromatic rings. The van der Waals surface area contributed by atoms with Crippen LogP contribution in [0.1, 0.15) is 223 Å². The summed E-state index contributed by atoms with van der Waals surface area (Å²) in [5.41, 5.74) is 15.4. The van der Waals surface area contributed by atoms with Crippen LogP contribution < -0.4 is 10.6 Å². The van der Waals surface area contributed by atoms with E-state index in [-0.39, 0.29) is 32.7 Å². The number of fused-ring (bicyclic) bond motifs is 14. The molecule has 0 bridgehead atoms. The largest absolute Gasteiger partial charge is 0.341 e. The summed E-state index contributed by atoms with van der Waals surface area (Å²) in [4.78, 5) is 61.4. The topological polar surface area (TPSA) is 189 Å².